The van der Waals surface area contributed by atoms with Gasteiger partial charge in [-0.05, 0) is 26.3 Å². The summed E-state index contributed by atoms with van der Waals surface area (Å²) in [6, 6.07) is 7.30. The van der Waals surface area contributed by atoms with E-state index in [1.54, 1.807) is 6.07 Å². The van der Waals surface area contributed by atoms with Crippen molar-refractivity contribution in [3.05, 3.63) is 34.9 Å². The van der Waals surface area contributed by atoms with Crippen molar-refractivity contribution in [2.24, 2.45) is 5.73 Å². The quantitative estimate of drug-likeness (QED) is 0.823. The number of rotatable bonds is 5. The molecule has 1 rings (SSSR count). The fourth-order valence-electron chi connectivity index (χ4n) is 1.27. The van der Waals surface area contributed by atoms with Crippen molar-refractivity contribution in [1.29, 1.82) is 0 Å². The molecule has 0 heterocycles. The van der Waals surface area contributed by atoms with Crippen molar-refractivity contribution >= 4 is 17.6 Å². The molecule has 0 bridgehead atoms. The van der Waals surface area contributed by atoms with Crippen LogP contribution in [-0.4, -0.2) is 11.5 Å². The van der Waals surface area contributed by atoms with E-state index in [-0.39, 0.29) is 18.1 Å². The molecule has 94 valence electrons. The van der Waals surface area contributed by atoms with Crippen LogP contribution in [0.15, 0.2) is 24.3 Å². The van der Waals surface area contributed by atoms with Crippen molar-refractivity contribution in [3.63, 3.8) is 0 Å². The Bertz CT molecular complexity index is 385. The average molecular weight is 256 g/mol. The summed E-state index contributed by atoms with van der Waals surface area (Å²) in [4.78, 5) is 11.5. The molecule has 0 aliphatic carbocycles. The lowest BCUT2D eigenvalue weighted by Crippen LogP contribution is -2.32. The van der Waals surface area contributed by atoms with Gasteiger partial charge >= 0.3 is 5.97 Å². The van der Waals surface area contributed by atoms with Gasteiger partial charge in [0.2, 0.25) is 0 Å². The molecule has 0 fully saturated rings. The van der Waals surface area contributed by atoms with E-state index >= 15 is 0 Å². The van der Waals surface area contributed by atoms with Crippen LogP contribution in [0.5, 0.6) is 0 Å². The van der Waals surface area contributed by atoms with Crippen molar-refractivity contribution < 1.29 is 9.53 Å². The molecule has 0 saturated heterocycles. The van der Waals surface area contributed by atoms with Crippen LogP contribution in [0.3, 0.4) is 0 Å². The number of carbonyl (C=O) groups excluding carboxylic acids is 1. The van der Waals surface area contributed by atoms with Crippen LogP contribution in [0.1, 0.15) is 32.3 Å². The van der Waals surface area contributed by atoms with Gasteiger partial charge in [0.15, 0.2) is 0 Å². The van der Waals surface area contributed by atoms with Crippen LogP contribution in [-0.2, 0) is 16.1 Å². The number of ether oxygens (including phenoxy) is 1. The summed E-state index contributed by atoms with van der Waals surface area (Å²) < 4.78 is 5.13. The van der Waals surface area contributed by atoms with Gasteiger partial charge in [-0.15, -0.1) is 0 Å². The molecule has 0 unspecified atom stereocenters. The average Bonchev–Trinajstić information content (AvgIpc) is 2.24. The second-order valence-electron chi connectivity index (χ2n) is 4.74. The Morgan fingerprint density at radius 2 is 2.06 bits per heavy atom. The summed E-state index contributed by atoms with van der Waals surface area (Å²) >= 11 is 5.95. The fraction of sp³-hybridized carbons (Fsp3) is 0.462. The Morgan fingerprint density at radius 3 is 2.65 bits per heavy atom. The van der Waals surface area contributed by atoms with Gasteiger partial charge in [0.05, 0.1) is 0 Å². The summed E-state index contributed by atoms with van der Waals surface area (Å²) in [5.41, 5.74) is 6.26. The molecule has 3 nitrogen and oxygen atoms in total. The third-order valence-electron chi connectivity index (χ3n) is 2.32. The molecular formula is C13H18ClNO2. The zero-order valence-corrected chi connectivity index (χ0v) is 11.0. The van der Waals surface area contributed by atoms with E-state index in [9.17, 15) is 4.79 Å². The van der Waals surface area contributed by atoms with Crippen molar-refractivity contribution in [2.45, 2.75) is 38.8 Å². The monoisotopic (exact) mass is 255 g/mol. The summed E-state index contributed by atoms with van der Waals surface area (Å²) in [7, 11) is 0. The van der Waals surface area contributed by atoms with Gasteiger partial charge in [0.1, 0.15) is 6.61 Å². The Kier molecular flexibility index (Phi) is 4.97. The molecule has 4 heteroatoms. The zero-order valence-electron chi connectivity index (χ0n) is 10.2. The molecule has 1 aromatic rings. The van der Waals surface area contributed by atoms with Gasteiger partial charge in [-0.3, -0.25) is 4.79 Å². The van der Waals surface area contributed by atoms with Gasteiger partial charge < -0.3 is 10.5 Å². The summed E-state index contributed by atoms with van der Waals surface area (Å²) in [6.07, 6.45) is 0.933. The minimum atomic E-state index is -0.344. The summed E-state index contributed by atoms with van der Waals surface area (Å²) in [6.45, 7) is 3.98. The van der Waals surface area contributed by atoms with Crippen molar-refractivity contribution in [2.75, 3.05) is 0 Å². The first kappa shape index (κ1) is 14.0. The Morgan fingerprint density at radius 1 is 1.41 bits per heavy atom. The predicted molar refractivity (Wildman–Crippen MR) is 68.7 cm³/mol. The van der Waals surface area contributed by atoms with Gasteiger partial charge in [-0.1, -0.05) is 29.8 Å². The predicted octanol–water partition coefficient (Wildman–Crippen LogP) is 2.90. The van der Waals surface area contributed by atoms with Gasteiger partial charge in [-0.2, -0.15) is 0 Å². The number of carbonyl (C=O) groups is 1. The number of nitrogens with two attached hydrogens (primary N) is 1. The summed E-state index contributed by atoms with van der Waals surface area (Å²) in [5, 5.41) is 0.611. The molecule has 1 aromatic carbocycles. The van der Waals surface area contributed by atoms with Crippen LogP contribution in [0.4, 0.5) is 0 Å². The van der Waals surface area contributed by atoms with Crippen LogP contribution < -0.4 is 5.73 Å². The maximum absolute atomic E-state index is 11.5. The van der Waals surface area contributed by atoms with E-state index in [0.717, 1.165) is 5.56 Å². The van der Waals surface area contributed by atoms with E-state index in [1.165, 1.54) is 0 Å². The van der Waals surface area contributed by atoms with E-state index in [0.29, 0.717) is 17.9 Å². The van der Waals surface area contributed by atoms with Gasteiger partial charge in [-0.25, -0.2) is 0 Å². The SMILES string of the molecule is CC(C)(N)CCC(=O)OCc1ccccc1Cl. The van der Waals surface area contributed by atoms with E-state index in [1.807, 2.05) is 32.0 Å². The smallest absolute Gasteiger partial charge is 0.306 e. The first-order chi connectivity index (χ1) is 7.88. The Hall–Kier alpha value is -1.06. The first-order valence-corrected chi connectivity index (χ1v) is 5.94. The van der Waals surface area contributed by atoms with Crippen LogP contribution in [0.25, 0.3) is 0 Å². The standard InChI is InChI=1S/C13H18ClNO2/c1-13(2,15)8-7-12(16)17-9-10-5-3-4-6-11(10)14/h3-6H,7-9,15H2,1-2H3. The van der Waals surface area contributed by atoms with Crippen LogP contribution in [0, 0.1) is 0 Å². The molecule has 0 saturated carbocycles. The maximum Gasteiger partial charge on any atom is 0.306 e. The third kappa shape index (κ3) is 5.71. The number of esters is 1. The molecular weight excluding hydrogens is 238 g/mol. The minimum Gasteiger partial charge on any atom is -0.461 e. The minimum absolute atomic E-state index is 0.212. The second kappa shape index (κ2) is 6.03. The molecule has 0 aromatic heterocycles. The molecule has 17 heavy (non-hydrogen) atoms. The van der Waals surface area contributed by atoms with Crippen LogP contribution >= 0.6 is 11.6 Å². The van der Waals surface area contributed by atoms with Crippen LogP contribution in [0.2, 0.25) is 5.02 Å². The highest BCUT2D eigenvalue weighted by Gasteiger charge is 2.14. The Balaban J connectivity index is 2.36. The van der Waals surface area contributed by atoms with Gasteiger partial charge in [0, 0.05) is 22.5 Å². The van der Waals surface area contributed by atoms with E-state index < -0.39 is 0 Å². The Labute approximate surface area is 107 Å². The second-order valence-corrected chi connectivity index (χ2v) is 5.15. The molecule has 0 aliphatic rings. The van der Waals surface area contributed by atoms with Crippen molar-refractivity contribution in [3.8, 4) is 0 Å². The normalized spacial score (nSPS) is 11.3. The lowest BCUT2D eigenvalue weighted by molar-refractivity contribution is -0.145. The largest absolute Gasteiger partial charge is 0.461 e. The maximum atomic E-state index is 11.5. The number of benzene rings is 1. The topological polar surface area (TPSA) is 52.3 Å². The lowest BCUT2D eigenvalue weighted by atomic mass is 10.0. The number of hydrogen-bond donors (Lipinski definition) is 1. The molecule has 0 radical (unpaired) electrons. The van der Waals surface area contributed by atoms with Crippen molar-refractivity contribution in [1.82, 2.24) is 0 Å². The van der Waals surface area contributed by atoms with Gasteiger partial charge in [0.25, 0.3) is 0 Å². The fourth-order valence-corrected chi connectivity index (χ4v) is 1.46. The first-order valence-electron chi connectivity index (χ1n) is 5.56. The highest BCUT2D eigenvalue weighted by molar-refractivity contribution is 6.31. The van der Waals surface area contributed by atoms with E-state index in [2.05, 4.69) is 0 Å². The molecule has 0 aliphatic heterocycles. The molecule has 2 N–H and O–H groups in total. The molecule has 0 atom stereocenters. The number of hydrogen-bond acceptors (Lipinski definition) is 3. The summed E-state index contributed by atoms with van der Waals surface area (Å²) in [5.74, 6) is -0.247. The highest BCUT2D eigenvalue weighted by Crippen LogP contribution is 2.16. The molecule has 0 amide bonds. The van der Waals surface area contributed by atoms with E-state index in [4.69, 9.17) is 22.1 Å². The number of halogens is 1. The zero-order chi connectivity index (χ0) is 12.9. The lowest BCUT2D eigenvalue weighted by Gasteiger charge is -2.17. The third-order valence-corrected chi connectivity index (χ3v) is 2.69. The molecule has 0 spiro atoms. The highest BCUT2D eigenvalue weighted by atomic mass is 35.5.